The van der Waals surface area contributed by atoms with Gasteiger partial charge in [-0.15, -0.1) is 10.2 Å². The van der Waals surface area contributed by atoms with Crippen LogP contribution in [0.25, 0.3) is 10.4 Å². The number of ether oxygens (including phenoxy) is 1. The van der Waals surface area contributed by atoms with Crippen molar-refractivity contribution in [2.24, 2.45) is 0 Å². The smallest absolute Gasteiger partial charge is 0.323 e. The summed E-state index contributed by atoms with van der Waals surface area (Å²) in [5.74, 6) is 1.02. The van der Waals surface area contributed by atoms with Gasteiger partial charge in [-0.25, -0.2) is 18.6 Å². The maximum atomic E-state index is 8.49. The molecule has 1 aromatic carbocycles. The van der Waals surface area contributed by atoms with Gasteiger partial charge in [-0.05, 0) is 6.26 Å². The molecule has 0 radical (unpaired) electrons. The molecule has 0 amide bonds. The SMILES string of the molecule is COc1c(-c2ccccc2)s[s+]c1SC.[O-][Cl+3]([O-])([O-])[O-]. The van der Waals surface area contributed by atoms with Gasteiger partial charge in [-0.3, -0.25) is 0 Å². The Bertz CT molecular complexity index is 521. The minimum atomic E-state index is -4.94. The molecule has 0 unspecified atom stereocenters. The Labute approximate surface area is 130 Å². The highest BCUT2D eigenvalue weighted by atomic mass is 35.7. The van der Waals surface area contributed by atoms with Crippen molar-refractivity contribution < 1.29 is 33.6 Å². The second kappa shape index (κ2) is 8.11. The van der Waals surface area contributed by atoms with Crippen molar-refractivity contribution in [2.75, 3.05) is 13.4 Å². The van der Waals surface area contributed by atoms with E-state index in [0.717, 1.165) is 5.75 Å². The number of hydrogen-bond donors (Lipinski definition) is 0. The molecule has 0 fully saturated rings. The van der Waals surface area contributed by atoms with Gasteiger partial charge in [0.1, 0.15) is 4.88 Å². The zero-order valence-electron chi connectivity index (χ0n) is 10.5. The standard InChI is InChI=1S/C11H11OS3.ClHO4/c1-12-9-10(14-15-11(9)13-2)8-6-4-3-5-7-8;2-1(3,4)5/h3-7H,1-2H3;(H,2,3,4,5)/q+1;/p-1. The molecule has 2 rings (SSSR count). The van der Waals surface area contributed by atoms with Crippen LogP contribution in [0.1, 0.15) is 0 Å². The van der Waals surface area contributed by atoms with E-state index in [1.165, 1.54) is 14.6 Å². The molecule has 9 heteroatoms. The van der Waals surface area contributed by atoms with Crippen LogP contribution in [0, 0.1) is 10.2 Å². The molecule has 0 atom stereocenters. The van der Waals surface area contributed by atoms with Crippen LogP contribution in [0.15, 0.2) is 34.5 Å². The molecule has 0 bridgehead atoms. The summed E-state index contributed by atoms with van der Waals surface area (Å²) >= 11 is 1.74. The van der Waals surface area contributed by atoms with Gasteiger partial charge in [0.25, 0.3) is 0 Å². The molecule has 5 nitrogen and oxygen atoms in total. The second-order valence-electron chi connectivity index (χ2n) is 3.26. The number of rotatable bonds is 3. The number of benzene rings is 1. The first kappa shape index (κ1) is 17.6. The first-order valence-electron chi connectivity index (χ1n) is 5.08. The number of hydrogen-bond acceptors (Lipinski definition) is 7. The summed E-state index contributed by atoms with van der Waals surface area (Å²) in [6.45, 7) is 0. The lowest BCUT2D eigenvalue weighted by atomic mass is 10.2. The molecule has 0 aliphatic rings. The largest absolute Gasteiger partial charge is 0.489 e. The Morgan fingerprint density at radius 3 is 2.15 bits per heavy atom. The molecule has 0 N–H and O–H groups in total. The van der Waals surface area contributed by atoms with Crippen molar-refractivity contribution in [3.8, 4) is 16.2 Å². The fraction of sp³-hybridized carbons (Fsp3) is 0.182. The van der Waals surface area contributed by atoms with Gasteiger partial charge >= 0.3 is 14.5 Å². The normalized spacial score (nSPS) is 10.7. The molecule has 2 aromatic rings. The molecule has 20 heavy (non-hydrogen) atoms. The summed E-state index contributed by atoms with van der Waals surface area (Å²) in [5.41, 5.74) is 1.23. The number of methoxy groups -OCH3 is 1. The molecule has 0 spiro atoms. The second-order valence-corrected chi connectivity index (χ2v) is 7.25. The lowest BCUT2D eigenvalue weighted by Gasteiger charge is -2.17. The monoisotopic (exact) mass is 354 g/mol. The Kier molecular flexibility index (Phi) is 7.13. The summed E-state index contributed by atoms with van der Waals surface area (Å²) in [6.07, 6.45) is 2.08. The Morgan fingerprint density at radius 2 is 1.70 bits per heavy atom. The summed E-state index contributed by atoms with van der Waals surface area (Å²) in [4.78, 5) is 1.23. The zero-order chi connectivity index (χ0) is 15.2. The highest BCUT2D eigenvalue weighted by Crippen LogP contribution is 2.46. The van der Waals surface area contributed by atoms with Crippen LogP contribution in [0.4, 0.5) is 0 Å². The molecule has 1 heterocycles. The van der Waals surface area contributed by atoms with E-state index in [4.69, 9.17) is 23.4 Å². The Morgan fingerprint density at radius 1 is 1.15 bits per heavy atom. The van der Waals surface area contributed by atoms with Crippen molar-refractivity contribution in [3.05, 3.63) is 30.3 Å². The van der Waals surface area contributed by atoms with Crippen LogP contribution in [-0.2, 0) is 0 Å². The molecule has 0 aliphatic carbocycles. The van der Waals surface area contributed by atoms with E-state index in [1.54, 1.807) is 39.6 Å². The van der Waals surface area contributed by atoms with Gasteiger partial charge in [-0.2, -0.15) is 0 Å². The predicted molar refractivity (Wildman–Crippen MR) is 70.4 cm³/mol. The predicted octanol–water partition coefficient (Wildman–Crippen LogP) is -0.268. The molecule has 0 saturated heterocycles. The average Bonchev–Trinajstić information content (AvgIpc) is 2.80. The van der Waals surface area contributed by atoms with Gasteiger partial charge in [0, 0.05) is 5.56 Å². The average molecular weight is 355 g/mol. The third kappa shape index (κ3) is 5.90. The Hall–Kier alpha value is -0.450. The van der Waals surface area contributed by atoms with E-state index in [0.29, 0.717) is 0 Å². The Balaban J connectivity index is 0.000000347. The van der Waals surface area contributed by atoms with E-state index in [1.807, 2.05) is 6.07 Å². The lowest BCUT2D eigenvalue weighted by molar-refractivity contribution is -2.00. The van der Waals surface area contributed by atoms with Gasteiger partial charge in [0.15, 0.2) is 10.3 Å². The number of thioether (sulfide) groups is 1. The fourth-order valence-electron chi connectivity index (χ4n) is 1.32. The van der Waals surface area contributed by atoms with Gasteiger partial charge < -0.3 is 4.74 Å². The van der Waals surface area contributed by atoms with E-state index >= 15 is 0 Å². The molecular formula is C11H11ClO5S3. The molecule has 0 saturated carbocycles. The van der Waals surface area contributed by atoms with Gasteiger partial charge in [-0.1, -0.05) is 42.1 Å². The minimum Gasteiger partial charge on any atom is -0.489 e. The summed E-state index contributed by atoms with van der Waals surface area (Å²) in [5, 5.41) is 0. The molecule has 0 aliphatic heterocycles. The first-order valence-corrected chi connectivity index (χ1v) is 9.69. The fourth-order valence-corrected chi connectivity index (χ4v) is 5.14. The van der Waals surface area contributed by atoms with Gasteiger partial charge in [0.2, 0.25) is 5.75 Å². The maximum absolute atomic E-state index is 8.49. The van der Waals surface area contributed by atoms with Gasteiger partial charge in [0.05, 0.1) is 7.11 Å². The molecular weight excluding hydrogens is 344 g/mol. The van der Waals surface area contributed by atoms with Crippen molar-refractivity contribution in [2.45, 2.75) is 4.21 Å². The van der Waals surface area contributed by atoms with E-state index in [9.17, 15) is 0 Å². The lowest BCUT2D eigenvalue weighted by Crippen LogP contribution is -2.68. The van der Waals surface area contributed by atoms with E-state index < -0.39 is 10.2 Å². The zero-order valence-corrected chi connectivity index (χ0v) is 13.7. The third-order valence-corrected chi connectivity index (χ3v) is 5.90. The van der Waals surface area contributed by atoms with Crippen molar-refractivity contribution >= 4 is 32.4 Å². The quantitative estimate of drug-likeness (QED) is 0.427. The minimum absolute atomic E-state index is 1.02. The van der Waals surface area contributed by atoms with Crippen LogP contribution >= 0.6 is 32.4 Å². The van der Waals surface area contributed by atoms with Crippen LogP contribution in [0.2, 0.25) is 0 Å². The van der Waals surface area contributed by atoms with Crippen molar-refractivity contribution in [1.82, 2.24) is 0 Å². The number of halogens is 1. The highest BCUT2D eigenvalue weighted by molar-refractivity contribution is 8.02. The maximum Gasteiger partial charge on any atom is 0.323 e. The summed E-state index contributed by atoms with van der Waals surface area (Å²) in [6, 6.07) is 10.4. The van der Waals surface area contributed by atoms with Crippen LogP contribution in [-0.4, -0.2) is 13.4 Å². The summed E-state index contributed by atoms with van der Waals surface area (Å²) < 4.78 is 40.7. The van der Waals surface area contributed by atoms with Crippen LogP contribution < -0.4 is 23.4 Å². The first-order chi connectivity index (χ1) is 9.36. The van der Waals surface area contributed by atoms with Crippen LogP contribution in [0.5, 0.6) is 5.75 Å². The van der Waals surface area contributed by atoms with E-state index in [2.05, 4.69) is 30.5 Å². The van der Waals surface area contributed by atoms with E-state index in [-0.39, 0.29) is 0 Å². The van der Waals surface area contributed by atoms with Crippen molar-refractivity contribution in [1.29, 1.82) is 0 Å². The highest BCUT2D eigenvalue weighted by Gasteiger charge is 2.24. The third-order valence-electron chi connectivity index (χ3n) is 2.02. The van der Waals surface area contributed by atoms with Crippen molar-refractivity contribution in [3.63, 3.8) is 0 Å². The van der Waals surface area contributed by atoms with Crippen LogP contribution in [0.3, 0.4) is 0 Å². The molecule has 110 valence electrons. The topological polar surface area (TPSA) is 101 Å². The summed E-state index contributed by atoms with van der Waals surface area (Å²) in [7, 11) is 0.342. The molecule has 1 aromatic heterocycles.